The van der Waals surface area contributed by atoms with Crippen molar-refractivity contribution in [2.24, 2.45) is 15.7 Å². The Balaban J connectivity index is 1.61. The van der Waals surface area contributed by atoms with Crippen LogP contribution in [-0.2, 0) is 0 Å². The van der Waals surface area contributed by atoms with Gasteiger partial charge >= 0.3 is 0 Å². The van der Waals surface area contributed by atoms with Gasteiger partial charge in [-0.05, 0) is 29.0 Å². The summed E-state index contributed by atoms with van der Waals surface area (Å²) >= 11 is 0. The fraction of sp³-hybridized carbons (Fsp3) is 0.105. The highest BCUT2D eigenvalue weighted by atomic mass is 16.3. The van der Waals surface area contributed by atoms with E-state index in [0.29, 0.717) is 18.2 Å². The average molecular weight is 346 g/mol. The summed E-state index contributed by atoms with van der Waals surface area (Å²) in [4.78, 5) is 15.6. The van der Waals surface area contributed by atoms with Crippen molar-refractivity contribution in [3.63, 3.8) is 0 Å². The normalized spacial score (nSPS) is 14.1. The lowest BCUT2D eigenvalue weighted by molar-refractivity contribution is 0.455. The van der Waals surface area contributed by atoms with Crippen LogP contribution < -0.4 is 21.6 Å². The van der Waals surface area contributed by atoms with Crippen molar-refractivity contribution in [3.8, 4) is 5.88 Å². The van der Waals surface area contributed by atoms with E-state index in [1.54, 1.807) is 0 Å². The van der Waals surface area contributed by atoms with E-state index < -0.39 is 0 Å². The second-order valence-corrected chi connectivity index (χ2v) is 5.93. The molecular formula is C19H18N6O. The number of rotatable bonds is 5. The lowest BCUT2D eigenvalue weighted by Crippen LogP contribution is -2.21. The zero-order chi connectivity index (χ0) is 17.9. The number of benzene rings is 2. The number of aliphatic imine (C=N–C) groups is 1. The summed E-state index contributed by atoms with van der Waals surface area (Å²) in [6.07, 6.45) is 3.34. The molecule has 0 bridgehead atoms. The number of aromatic nitrogens is 2. The van der Waals surface area contributed by atoms with Gasteiger partial charge in [-0.2, -0.15) is 4.98 Å². The molecule has 0 unspecified atom stereocenters. The number of nitrogens with zero attached hydrogens (tertiary/aromatic N) is 3. The van der Waals surface area contributed by atoms with Gasteiger partial charge in [0.1, 0.15) is 12.0 Å². The van der Waals surface area contributed by atoms with Gasteiger partial charge in [0, 0.05) is 6.54 Å². The van der Waals surface area contributed by atoms with Crippen LogP contribution in [0, 0.1) is 0 Å². The molecule has 26 heavy (non-hydrogen) atoms. The molecule has 1 aliphatic rings. The van der Waals surface area contributed by atoms with Crippen LogP contribution in [-0.4, -0.2) is 28.0 Å². The Hall–Kier alpha value is -3.45. The first-order valence-electron chi connectivity index (χ1n) is 8.25. The Morgan fingerprint density at radius 2 is 2.04 bits per heavy atom. The molecule has 7 heteroatoms. The third-order valence-electron chi connectivity index (χ3n) is 4.16. The lowest BCUT2D eigenvalue weighted by Gasteiger charge is -2.16. The summed E-state index contributed by atoms with van der Waals surface area (Å²) in [5.74, 6) is 0.382. The fourth-order valence-corrected chi connectivity index (χ4v) is 2.84. The van der Waals surface area contributed by atoms with Crippen LogP contribution >= 0.6 is 0 Å². The van der Waals surface area contributed by atoms with E-state index in [1.165, 1.54) is 6.34 Å². The van der Waals surface area contributed by atoms with Crippen molar-refractivity contribution in [2.75, 3.05) is 11.9 Å². The number of aromatic amines is 1. The smallest absolute Gasteiger partial charge is 0.238 e. The molecule has 0 fully saturated rings. The zero-order valence-electron chi connectivity index (χ0n) is 13.9. The van der Waals surface area contributed by atoms with Gasteiger partial charge in [-0.1, -0.05) is 36.4 Å². The van der Waals surface area contributed by atoms with E-state index in [0.717, 1.165) is 21.8 Å². The maximum atomic E-state index is 10.1. The molecule has 0 amide bonds. The van der Waals surface area contributed by atoms with Crippen molar-refractivity contribution < 1.29 is 5.11 Å². The minimum Gasteiger partial charge on any atom is -0.492 e. The van der Waals surface area contributed by atoms with Gasteiger partial charge in [0.15, 0.2) is 0 Å². The van der Waals surface area contributed by atoms with E-state index in [4.69, 9.17) is 5.73 Å². The van der Waals surface area contributed by atoms with Crippen molar-refractivity contribution in [2.45, 2.75) is 6.04 Å². The molecule has 5 N–H and O–H groups in total. The van der Waals surface area contributed by atoms with Crippen molar-refractivity contribution in [1.29, 1.82) is 0 Å². The van der Waals surface area contributed by atoms with E-state index in [2.05, 4.69) is 25.3 Å². The molecule has 130 valence electrons. The van der Waals surface area contributed by atoms with Crippen molar-refractivity contribution in [1.82, 2.24) is 9.97 Å². The molecule has 0 saturated heterocycles. The van der Waals surface area contributed by atoms with Crippen LogP contribution in [0.2, 0.25) is 0 Å². The summed E-state index contributed by atoms with van der Waals surface area (Å²) < 4.78 is 0. The molecule has 0 radical (unpaired) electrons. The van der Waals surface area contributed by atoms with Crippen LogP contribution in [0.4, 0.5) is 11.6 Å². The Kier molecular flexibility index (Phi) is 4.20. The summed E-state index contributed by atoms with van der Waals surface area (Å²) in [5.41, 5.74) is 8.25. The first-order valence-corrected chi connectivity index (χ1v) is 8.25. The SMILES string of the molecule is NC[C@@H](Nc1nc(O)c(/C=c2\ccc3c(c2)N=CN=3)[nH]1)c1ccccc1. The molecule has 4 rings (SSSR count). The fourth-order valence-electron chi connectivity index (χ4n) is 2.84. The molecule has 1 atom stereocenters. The van der Waals surface area contributed by atoms with Crippen LogP contribution in [0.5, 0.6) is 5.88 Å². The zero-order valence-corrected chi connectivity index (χ0v) is 13.9. The Labute approximate surface area is 149 Å². The Bertz CT molecular complexity index is 1070. The highest BCUT2D eigenvalue weighted by molar-refractivity contribution is 5.67. The molecule has 0 spiro atoms. The maximum absolute atomic E-state index is 10.1. The molecule has 1 aliphatic heterocycles. The first-order chi connectivity index (χ1) is 12.7. The number of aromatic hydroxyl groups is 1. The monoisotopic (exact) mass is 346 g/mol. The van der Waals surface area contributed by atoms with Gasteiger partial charge in [0.05, 0.1) is 17.1 Å². The molecule has 0 saturated carbocycles. The predicted octanol–water partition coefficient (Wildman–Crippen LogP) is 1.35. The van der Waals surface area contributed by atoms with Gasteiger partial charge < -0.3 is 21.1 Å². The van der Waals surface area contributed by atoms with E-state index >= 15 is 0 Å². The average Bonchev–Trinajstić information content (AvgIpc) is 3.26. The Morgan fingerprint density at radius 3 is 2.85 bits per heavy atom. The number of fused-ring (bicyclic) bond motifs is 1. The van der Waals surface area contributed by atoms with Gasteiger partial charge in [-0.15, -0.1) is 0 Å². The van der Waals surface area contributed by atoms with Gasteiger partial charge in [-0.3, -0.25) is 0 Å². The summed E-state index contributed by atoms with van der Waals surface area (Å²) in [6, 6.07) is 15.5. The highest BCUT2D eigenvalue weighted by Crippen LogP contribution is 2.21. The molecule has 3 aromatic rings. The summed E-state index contributed by atoms with van der Waals surface area (Å²) in [7, 11) is 0. The Morgan fingerprint density at radius 1 is 1.19 bits per heavy atom. The maximum Gasteiger partial charge on any atom is 0.238 e. The van der Waals surface area contributed by atoms with Crippen molar-refractivity contribution >= 4 is 24.1 Å². The van der Waals surface area contributed by atoms with Crippen LogP contribution in [0.25, 0.3) is 6.08 Å². The van der Waals surface area contributed by atoms with E-state index in [-0.39, 0.29) is 11.9 Å². The number of hydrogen-bond acceptors (Lipinski definition) is 6. The largest absolute Gasteiger partial charge is 0.492 e. The van der Waals surface area contributed by atoms with Crippen molar-refractivity contribution in [3.05, 3.63) is 70.4 Å². The number of hydrogen-bond donors (Lipinski definition) is 4. The van der Waals surface area contributed by atoms with Crippen LogP contribution in [0.1, 0.15) is 17.3 Å². The van der Waals surface area contributed by atoms with Crippen LogP contribution in [0.3, 0.4) is 0 Å². The van der Waals surface area contributed by atoms with Crippen LogP contribution in [0.15, 0.2) is 58.5 Å². The molecule has 2 heterocycles. The highest BCUT2D eigenvalue weighted by Gasteiger charge is 2.13. The summed E-state index contributed by atoms with van der Waals surface area (Å²) in [6.45, 7) is 0.400. The number of nitrogens with two attached hydrogens (primary N) is 1. The number of anilines is 1. The standard InChI is InChI=1S/C19H18N6O/c20-10-17(13-4-2-1-3-5-13)24-19-23-16(18(26)25-19)9-12-6-7-14-15(8-12)22-11-21-14/h1-9,11,17,26H,10,20H2,(H2,23,24,25)/b12-9+/t17-/m1/s1. The topological polar surface area (TPSA) is 112 Å². The third kappa shape index (κ3) is 3.20. The van der Waals surface area contributed by atoms with E-state index in [1.807, 2.05) is 54.6 Å². The number of H-pyrrole nitrogens is 1. The third-order valence-corrected chi connectivity index (χ3v) is 4.16. The predicted molar refractivity (Wildman–Crippen MR) is 101 cm³/mol. The van der Waals surface area contributed by atoms with Gasteiger partial charge in [0.2, 0.25) is 11.8 Å². The second-order valence-electron chi connectivity index (χ2n) is 5.93. The summed E-state index contributed by atoms with van der Waals surface area (Å²) in [5, 5.41) is 15.1. The second kappa shape index (κ2) is 6.81. The quantitative estimate of drug-likeness (QED) is 0.559. The molecular weight excluding hydrogens is 328 g/mol. The number of imidazole rings is 1. The number of nitrogens with one attached hydrogen (secondary N) is 2. The van der Waals surface area contributed by atoms with Gasteiger partial charge in [0.25, 0.3) is 0 Å². The molecule has 7 nitrogen and oxygen atoms in total. The molecule has 0 aliphatic carbocycles. The lowest BCUT2D eigenvalue weighted by atomic mass is 10.1. The first kappa shape index (κ1) is 16.0. The molecule has 1 aromatic heterocycles. The molecule has 2 aromatic carbocycles. The van der Waals surface area contributed by atoms with E-state index in [9.17, 15) is 5.11 Å². The minimum absolute atomic E-state index is 0.0787. The van der Waals surface area contributed by atoms with Gasteiger partial charge in [-0.25, -0.2) is 9.98 Å². The minimum atomic E-state index is -0.106.